The molecule has 0 aromatic heterocycles. The van der Waals surface area contributed by atoms with E-state index in [-0.39, 0.29) is 28.8 Å². The molecule has 0 spiro atoms. The molecule has 2 aromatic rings. The van der Waals surface area contributed by atoms with Crippen molar-refractivity contribution in [2.24, 2.45) is 0 Å². The summed E-state index contributed by atoms with van der Waals surface area (Å²) in [5, 5.41) is 2.73. The number of carbonyl (C=O) groups is 1. The summed E-state index contributed by atoms with van der Waals surface area (Å²) in [7, 11) is -3.75. The number of hydrogen-bond donors (Lipinski definition) is 1. The summed E-state index contributed by atoms with van der Waals surface area (Å²) in [6.45, 7) is 6.30. The molecular weight excluding hydrogens is 395 g/mol. The van der Waals surface area contributed by atoms with Crippen LogP contribution in [0.25, 0.3) is 0 Å². The minimum Gasteiger partial charge on any atom is -0.492 e. The van der Waals surface area contributed by atoms with Gasteiger partial charge in [-0.25, -0.2) is 12.8 Å². The first kappa shape index (κ1) is 22.8. The molecule has 0 aliphatic heterocycles. The van der Waals surface area contributed by atoms with Gasteiger partial charge in [0.05, 0.1) is 6.61 Å². The lowest BCUT2D eigenvalue weighted by atomic mass is 10.1. The smallest absolute Gasteiger partial charge is 0.246 e. The van der Waals surface area contributed by atoms with Crippen LogP contribution in [0.15, 0.2) is 47.4 Å². The lowest BCUT2D eigenvalue weighted by molar-refractivity contribution is -0.116. The Morgan fingerprint density at radius 1 is 1.07 bits per heavy atom. The molecule has 8 heteroatoms. The van der Waals surface area contributed by atoms with Crippen LogP contribution in [-0.4, -0.2) is 38.3 Å². The van der Waals surface area contributed by atoms with E-state index >= 15 is 0 Å². The van der Waals surface area contributed by atoms with Crippen molar-refractivity contribution in [3.05, 3.63) is 53.8 Å². The number of amides is 1. The molecule has 0 saturated carbocycles. The van der Waals surface area contributed by atoms with Crippen molar-refractivity contribution in [3.63, 3.8) is 0 Å². The van der Waals surface area contributed by atoms with Gasteiger partial charge in [-0.3, -0.25) is 4.79 Å². The van der Waals surface area contributed by atoms with Crippen LogP contribution >= 0.6 is 0 Å². The monoisotopic (exact) mass is 422 g/mol. The van der Waals surface area contributed by atoms with Gasteiger partial charge in [0.25, 0.3) is 0 Å². The highest BCUT2D eigenvalue weighted by Crippen LogP contribution is 2.30. The first-order valence-corrected chi connectivity index (χ1v) is 11.1. The number of carbonyl (C=O) groups excluding carboxylic acids is 1. The molecule has 0 unspecified atom stereocenters. The fourth-order valence-corrected chi connectivity index (χ4v) is 4.51. The number of ether oxygens (including phenoxy) is 1. The van der Waals surface area contributed by atoms with Crippen molar-refractivity contribution >= 4 is 21.6 Å². The number of nitrogens with zero attached hydrogens (tertiary/aromatic N) is 1. The van der Waals surface area contributed by atoms with E-state index in [0.717, 1.165) is 5.56 Å². The fourth-order valence-electron chi connectivity index (χ4n) is 2.90. The van der Waals surface area contributed by atoms with E-state index in [1.807, 2.05) is 0 Å². The van der Waals surface area contributed by atoms with Gasteiger partial charge in [0.1, 0.15) is 16.5 Å². The first-order valence-electron chi connectivity index (χ1n) is 9.63. The zero-order valence-electron chi connectivity index (χ0n) is 16.9. The van der Waals surface area contributed by atoms with Crippen molar-refractivity contribution in [2.75, 3.05) is 25.0 Å². The van der Waals surface area contributed by atoms with E-state index in [9.17, 15) is 17.6 Å². The molecule has 0 atom stereocenters. The highest BCUT2D eigenvalue weighted by atomic mass is 32.2. The molecule has 0 fully saturated rings. The topological polar surface area (TPSA) is 75.7 Å². The van der Waals surface area contributed by atoms with Crippen molar-refractivity contribution in [1.29, 1.82) is 0 Å². The second-order valence-corrected chi connectivity index (χ2v) is 8.26. The van der Waals surface area contributed by atoms with Gasteiger partial charge in [-0.05, 0) is 49.2 Å². The van der Waals surface area contributed by atoms with Crippen LogP contribution in [0.1, 0.15) is 32.8 Å². The summed E-state index contributed by atoms with van der Waals surface area (Å²) < 4.78 is 45.7. The molecule has 0 radical (unpaired) electrons. The van der Waals surface area contributed by atoms with E-state index in [1.54, 1.807) is 45.0 Å². The highest BCUT2D eigenvalue weighted by molar-refractivity contribution is 7.89. The maximum Gasteiger partial charge on any atom is 0.246 e. The average Bonchev–Trinajstić information content (AvgIpc) is 2.69. The van der Waals surface area contributed by atoms with E-state index < -0.39 is 10.0 Å². The molecule has 1 N–H and O–H groups in total. The highest BCUT2D eigenvalue weighted by Gasteiger charge is 2.26. The third kappa shape index (κ3) is 6.01. The van der Waals surface area contributed by atoms with Crippen LogP contribution in [0.4, 0.5) is 10.1 Å². The van der Waals surface area contributed by atoms with Crippen LogP contribution in [0.3, 0.4) is 0 Å². The lowest BCUT2D eigenvalue weighted by Crippen LogP contribution is -2.31. The number of nitrogens with one attached hydrogen (secondary N) is 1. The maximum absolute atomic E-state index is 13.0. The third-order valence-electron chi connectivity index (χ3n) is 4.40. The standard InChI is InChI=1S/C21H27FN2O4S/c1-4-24(5-2)29(26,27)20-15-18(12-13-19(20)28-6-3)23-21(25)14-9-16-7-10-17(22)11-8-16/h7-8,10-13,15H,4-6,9,14H2,1-3H3,(H,23,25). The predicted molar refractivity (Wildman–Crippen MR) is 111 cm³/mol. The molecule has 0 bridgehead atoms. The van der Waals surface area contributed by atoms with Gasteiger partial charge in [-0.1, -0.05) is 26.0 Å². The van der Waals surface area contributed by atoms with Gasteiger partial charge >= 0.3 is 0 Å². The van der Waals surface area contributed by atoms with Crippen LogP contribution in [0.2, 0.25) is 0 Å². The Bertz CT molecular complexity index is 926. The molecule has 158 valence electrons. The maximum atomic E-state index is 13.0. The zero-order chi connectivity index (χ0) is 21.4. The molecular formula is C21H27FN2O4S. The molecule has 0 aliphatic carbocycles. The van der Waals surface area contributed by atoms with Gasteiger partial charge in [0.2, 0.25) is 15.9 Å². The van der Waals surface area contributed by atoms with Gasteiger partial charge in [0.15, 0.2) is 0 Å². The Kier molecular flexibility index (Phi) is 8.16. The number of aryl methyl sites for hydroxylation is 1. The molecule has 1 amide bonds. The third-order valence-corrected chi connectivity index (χ3v) is 6.48. The minimum atomic E-state index is -3.75. The quantitative estimate of drug-likeness (QED) is 0.631. The largest absolute Gasteiger partial charge is 0.492 e. The van der Waals surface area contributed by atoms with Crippen molar-refractivity contribution in [1.82, 2.24) is 4.31 Å². The normalized spacial score (nSPS) is 11.5. The fraction of sp³-hybridized carbons (Fsp3) is 0.381. The van der Waals surface area contributed by atoms with Crippen LogP contribution in [0, 0.1) is 5.82 Å². The summed E-state index contributed by atoms with van der Waals surface area (Å²) >= 11 is 0. The number of rotatable bonds is 10. The molecule has 29 heavy (non-hydrogen) atoms. The van der Waals surface area contributed by atoms with Crippen LogP contribution < -0.4 is 10.1 Å². The lowest BCUT2D eigenvalue weighted by Gasteiger charge is -2.21. The number of anilines is 1. The SMILES string of the molecule is CCOc1ccc(NC(=O)CCc2ccc(F)cc2)cc1S(=O)(=O)N(CC)CC. The Morgan fingerprint density at radius 2 is 1.72 bits per heavy atom. The Hall–Kier alpha value is -2.45. The van der Waals surface area contributed by atoms with E-state index in [0.29, 0.717) is 31.8 Å². The van der Waals surface area contributed by atoms with E-state index in [4.69, 9.17) is 4.74 Å². The molecule has 6 nitrogen and oxygen atoms in total. The predicted octanol–water partition coefficient (Wildman–Crippen LogP) is 3.83. The van der Waals surface area contributed by atoms with Crippen molar-refractivity contribution in [2.45, 2.75) is 38.5 Å². The van der Waals surface area contributed by atoms with Crippen molar-refractivity contribution < 1.29 is 22.3 Å². The second kappa shape index (κ2) is 10.4. The summed E-state index contributed by atoms with van der Waals surface area (Å²) in [5.41, 5.74) is 1.22. The van der Waals surface area contributed by atoms with Gasteiger partial charge < -0.3 is 10.1 Å². The summed E-state index contributed by atoms with van der Waals surface area (Å²) in [4.78, 5) is 12.3. The Morgan fingerprint density at radius 3 is 2.31 bits per heavy atom. The molecule has 2 aromatic carbocycles. The van der Waals surface area contributed by atoms with E-state index in [1.165, 1.54) is 22.5 Å². The number of halogens is 1. The number of benzene rings is 2. The van der Waals surface area contributed by atoms with Crippen LogP contribution in [-0.2, 0) is 21.2 Å². The van der Waals surface area contributed by atoms with Crippen molar-refractivity contribution in [3.8, 4) is 5.75 Å². The first-order chi connectivity index (χ1) is 13.8. The zero-order valence-corrected chi connectivity index (χ0v) is 17.8. The molecule has 0 saturated heterocycles. The Labute approximate surface area is 171 Å². The summed E-state index contributed by atoms with van der Waals surface area (Å²) in [6, 6.07) is 10.6. The minimum absolute atomic E-state index is 0.0272. The van der Waals surface area contributed by atoms with Gasteiger partial charge in [0, 0.05) is 25.2 Å². The number of sulfonamides is 1. The van der Waals surface area contributed by atoms with E-state index in [2.05, 4.69) is 5.32 Å². The molecule has 2 rings (SSSR count). The number of hydrogen-bond acceptors (Lipinski definition) is 4. The van der Waals surface area contributed by atoms with Gasteiger partial charge in [-0.2, -0.15) is 4.31 Å². The molecule has 0 heterocycles. The second-order valence-electron chi connectivity index (χ2n) is 6.36. The Balaban J connectivity index is 2.18. The summed E-state index contributed by atoms with van der Waals surface area (Å²) in [6.07, 6.45) is 0.644. The van der Waals surface area contributed by atoms with Crippen LogP contribution in [0.5, 0.6) is 5.75 Å². The summed E-state index contributed by atoms with van der Waals surface area (Å²) in [5.74, 6) is -0.331. The van der Waals surface area contributed by atoms with Gasteiger partial charge in [-0.15, -0.1) is 0 Å². The average molecular weight is 423 g/mol. The molecule has 0 aliphatic rings.